The van der Waals surface area contributed by atoms with Gasteiger partial charge in [-0.15, -0.1) is 0 Å². The number of ketones is 1. The number of pyridine rings is 1. The SMILES string of the molecule is CC(=O)CC(=N)CN1CCC(CCOc2ccc(-c3cc4c(ncn4C)c(C#N)n3)cc2C(F)(F)F)CC1. The molecule has 0 spiro atoms. The van der Waals surface area contributed by atoms with Gasteiger partial charge in [-0.05, 0) is 69.5 Å². The third-order valence-corrected chi connectivity index (χ3v) is 6.77. The molecule has 1 saturated heterocycles. The Balaban J connectivity index is 1.42. The van der Waals surface area contributed by atoms with Crippen molar-refractivity contribution in [2.45, 2.75) is 38.8 Å². The van der Waals surface area contributed by atoms with Crippen molar-refractivity contribution >= 4 is 22.5 Å². The van der Waals surface area contributed by atoms with E-state index < -0.39 is 11.7 Å². The minimum atomic E-state index is -4.63. The molecule has 0 saturated carbocycles. The second-order valence-corrected chi connectivity index (χ2v) is 9.74. The number of Topliss-reactive ketones (excluding diaryl/α,β-unsaturated/α-hetero) is 1. The first-order valence-electron chi connectivity index (χ1n) is 12.4. The van der Waals surface area contributed by atoms with Crippen molar-refractivity contribution in [3.63, 3.8) is 0 Å². The Morgan fingerprint density at radius 3 is 2.66 bits per heavy atom. The number of nitriles is 1. The van der Waals surface area contributed by atoms with E-state index in [2.05, 4.69) is 14.9 Å². The number of aryl methyl sites for hydroxylation is 1. The number of piperidine rings is 1. The standard InChI is InChI=1S/C27H29F3N6O2/c1-17(37)11-20(32)15-36-8-5-18(6-9-36)7-10-38-25-4-3-19(12-21(25)27(28,29)30)22-13-24-26(23(14-31)34-22)33-16-35(24)2/h3-4,12-13,16,18,32H,5-11,15H2,1-2H3. The van der Waals surface area contributed by atoms with Crippen LogP contribution in [-0.4, -0.2) is 57.2 Å². The summed E-state index contributed by atoms with van der Waals surface area (Å²) < 4.78 is 49.2. The van der Waals surface area contributed by atoms with Crippen molar-refractivity contribution in [1.82, 2.24) is 19.4 Å². The van der Waals surface area contributed by atoms with E-state index in [1.165, 1.54) is 25.4 Å². The minimum absolute atomic E-state index is 0.0223. The van der Waals surface area contributed by atoms with E-state index in [1.54, 1.807) is 17.7 Å². The van der Waals surface area contributed by atoms with Gasteiger partial charge in [-0.25, -0.2) is 9.97 Å². The van der Waals surface area contributed by atoms with Gasteiger partial charge in [0.25, 0.3) is 0 Å². The van der Waals surface area contributed by atoms with Gasteiger partial charge in [-0.1, -0.05) is 0 Å². The van der Waals surface area contributed by atoms with E-state index in [9.17, 15) is 23.2 Å². The number of carbonyl (C=O) groups excluding carboxylic acids is 1. The number of nitrogens with zero attached hydrogens (tertiary/aromatic N) is 5. The summed E-state index contributed by atoms with van der Waals surface area (Å²) in [6, 6.07) is 7.42. The van der Waals surface area contributed by atoms with E-state index in [1.807, 2.05) is 6.07 Å². The van der Waals surface area contributed by atoms with Crippen molar-refractivity contribution in [1.29, 1.82) is 10.7 Å². The fourth-order valence-corrected chi connectivity index (χ4v) is 4.79. The fraction of sp³-hybridized carbons (Fsp3) is 0.444. The van der Waals surface area contributed by atoms with Crippen LogP contribution in [0.5, 0.6) is 5.75 Å². The lowest BCUT2D eigenvalue weighted by molar-refractivity contribution is -0.139. The maximum Gasteiger partial charge on any atom is 0.419 e. The molecule has 200 valence electrons. The molecule has 1 aromatic carbocycles. The van der Waals surface area contributed by atoms with Crippen LogP contribution in [0.25, 0.3) is 22.3 Å². The van der Waals surface area contributed by atoms with Crippen LogP contribution < -0.4 is 4.74 Å². The molecule has 38 heavy (non-hydrogen) atoms. The van der Waals surface area contributed by atoms with E-state index in [4.69, 9.17) is 10.1 Å². The number of carbonyl (C=O) groups is 1. The normalized spacial score (nSPS) is 14.9. The van der Waals surface area contributed by atoms with Gasteiger partial charge in [0.2, 0.25) is 0 Å². The highest BCUT2D eigenvalue weighted by Gasteiger charge is 2.35. The van der Waals surface area contributed by atoms with Crippen molar-refractivity contribution in [2.24, 2.45) is 13.0 Å². The number of benzene rings is 1. The van der Waals surface area contributed by atoms with E-state index in [0.717, 1.165) is 32.0 Å². The van der Waals surface area contributed by atoms with Crippen molar-refractivity contribution < 1.29 is 22.7 Å². The predicted octanol–water partition coefficient (Wildman–Crippen LogP) is 5.01. The predicted molar refractivity (Wildman–Crippen MR) is 136 cm³/mol. The summed E-state index contributed by atoms with van der Waals surface area (Å²) in [5.74, 6) is 0.0607. The van der Waals surface area contributed by atoms with Gasteiger partial charge in [0.15, 0.2) is 5.69 Å². The summed E-state index contributed by atoms with van der Waals surface area (Å²) in [5.41, 5.74) is 1.04. The number of nitrogens with one attached hydrogen (secondary N) is 1. The molecule has 0 atom stereocenters. The molecule has 11 heteroatoms. The van der Waals surface area contributed by atoms with E-state index in [0.29, 0.717) is 35.6 Å². The number of likely N-dealkylation sites (tertiary alicyclic amines) is 1. The average molecular weight is 527 g/mol. The molecule has 1 aliphatic rings. The Labute approximate surface area is 218 Å². The summed E-state index contributed by atoms with van der Waals surface area (Å²) in [7, 11) is 1.74. The van der Waals surface area contributed by atoms with Crippen LogP contribution in [0.1, 0.15) is 43.9 Å². The highest BCUT2D eigenvalue weighted by atomic mass is 19.4. The number of rotatable bonds is 9. The topological polar surface area (TPSA) is 108 Å². The van der Waals surface area contributed by atoms with Crippen LogP contribution in [0.3, 0.4) is 0 Å². The van der Waals surface area contributed by atoms with Crippen LogP contribution in [0.2, 0.25) is 0 Å². The zero-order chi connectivity index (χ0) is 27.4. The molecule has 0 unspecified atom stereocenters. The maximum atomic E-state index is 14.0. The molecule has 1 fully saturated rings. The Bertz CT molecular complexity index is 1380. The number of halogens is 3. The lowest BCUT2D eigenvalue weighted by Gasteiger charge is -2.32. The van der Waals surface area contributed by atoms with Gasteiger partial charge < -0.3 is 14.7 Å². The Hall–Kier alpha value is -3.78. The second-order valence-electron chi connectivity index (χ2n) is 9.74. The smallest absolute Gasteiger partial charge is 0.419 e. The van der Waals surface area contributed by atoms with Crippen molar-refractivity contribution in [3.8, 4) is 23.1 Å². The van der Waals surface area contributed by atoms with Crippen LogP contribution in [0.4, 0.5) is 13.2 Å². The molecule has 0 radical (unpaired) electrons. The third-order valence-electron chi connectivity index (χ3n) is 6.77. The van der Waals surface area contributed by atoms with Gasteiger partial charge in [0.05, 0.1) is 29.7 Å². The highest BCUT2D eigenvalue weighted by molar-refractivity contribution is 6.00. The van der Waals surface area contributed by atoms with Crippen LogP contribution in [0.15, 0.2) is 30.6 Å². The van der Waals surface area contributed by atoms with E-state index >= 15 is 0 Å². The molecule has 8 nitrogen and oxygen atoms in total. The molecule has 1 aliphatic heterocycles. The molecular weight excluding hydrogens is 497 g/mol. The van der Waals surface area contributed by atoms with Crippen LogP contribution in [-0.2, 0) is 18.0 Å². The Morgan fingerprint density at radius 2 is 2.00 bits per heavy atom. The monoisotopic (exact) mass is 526 g/mol. The first-order valence-corrected chi connectivity index (χ1v) is 12.4. The summed E-state index contributed by atoms with van der Waals surface area (Å²) in [5, 5.41) is 17.4. The molecule has 2 aromatic heterocycles. The highest BCUT2D eigenvalue weighted by Crippen LogP contribution is 2.39. The van der Waals surface area contributed by atoms with Gasteiger partial charge in [0.1, 0.15) is 23.1 Å². The van der Waals surface area contributed by atoms with Crippen LogP contribution in [0, 0.1) is 22.7 Å². The summed E-state index contributed by atoms with van der Waals surface area (Å²) in [6.07, 6.45) is -0.575. The number of imidazole rings is 1. The first kappa shape index (κ1) is 27.3. The maximum absolute atomic E-state index is 14.0. The minimum Gasteiger partial charge on any atom is -0.493 e. The fourth-order valence-electron chi connectivity index (χ4n) is 4.79. The zero-order valence-electron chi connectivity index (χ0n) is 21.3. The largest absolute Gasteiger partial charge is 0.493 e. The number of ether oxygens (including phenoxy) is 1. The lowest BCUT2D eigenvalue weighted by atomic mass is 9.93. The summed E-state index contributed by atoms with van der Waals surface area (Å²) in [4.78, 5) is 21.7. The van der Waals surface area contributed by atoms with Crippen molar-refractivity contribution in [3.05, 3.63) is 41.9 Å². The summed E-state index contributed by atoms with van der Waals surface area (Å²) >= 11 is 0. The molecule has 3 heterocycles. The zero-order valence-corrected chi connectivity index (χ0v) is 21.3. The van der Waals surface area contributed by atoms with Gasteiger partial charge >= 0.3 is 6.18 Å². The number of aromatic nitrogens is 3. The Kier molecular flexibility index (Phi) is 8.11. The number of hydrogen-bond donors (Lipinski definition) is 1. The first-order chi connectivity index (χ1) is 18.0. The van der Waals surface area contributed by atoms with Gasteiger partial charge in [-0.2, -0.15) is 18.4 Å². The van der Waals surface area contributed by atoms with E-state index in [-0.39, 0.29) is 41.5 Å². The molecule has 3 aromatic rings. The molecule has 4 rings (SSSR count). The Morgan fingerprint density at radius 1 is 1.26 bits per heavy atom. The molecule has 0 bridgehead atoms. The number of hydrogen-bond acceptors (Lipinski definition) is 7. The van der Waals surface area contributed by atoms with Crippen molar-refractivity contribution in [2.75, 3.05) is 26.2 Å². The van der Waals surface area contributed by atoms with Crippen LogP contribution >= 0.6 is 0 Å². The lowest BCUT2D eigenvalue weighted by Crippen LogP contribution is -2.37. The molecule has 1 N–H and O–H groups in total. The van der Waals surface area contributed by atoms with Gasteiger partial charge in [0, 0.05) is 31.3 Å². The van der Waals surface area contributed by atoms with Gasteiger partial charge in [-0.3, -0.25) is 9.69 Å². The quantitative estimate of drug-likeness (QED) is 0.393. The molecule has 0 aliphatic carbocycles. The average Bonchev–Trinajstić information content (AvgIpc) is 3.24. The molecular formula is C27H29F3N6O2. The number of alkyl halides is 3. The third kappa shape index (κ3) is 6.37. The molecule has 0 amide bonds. The summed E-state index contributed by atoms with van der Waals surface area (Å²) in [6.45, 7) is 3.67. The number of fused-ring (bicyclic) bond motifs is 1. The second kappa shape index (κ2) is 11.3.